The van der Waals surface area contributed by atoms with E-state index in [-0.39, 0.29) is 40.2 Å². The zero-order valence-electron chi connectivity index (χ0n) is 25.0. The molecule has 2 aromatic carbocycles. The van der Waals surface area contributed by atoms with E-state index >= 15 is 0 Å². The van der Waals surface area contributed by atoms with Crippen molar-refractivity contribution in [3.63, 3.8) is 0 Å². The molecule has 5 rings (SSSR count). The molecule has 3 N–H and O–H groups in total. The van der Waals surface area contributed by atoms with E-state index in [0.29, 0.717) is 39.3 Å². The van der Waals surface area contributed by atoms with Crippen molar-refractivity contribution in [2.24, 2.45) is 0 Å². The van der Waals surface area contributed by atoms with Crippen LogP contribution in [0, 0.1) is 5.82 Å². The molecule has 2 amide bonds. The second-order valence-corrected chi connectivity index (χ2v) is 12.1. The number of hydrogen-bond donors (Lipinski definition) is 3. The highest BCUT2D eigenvalue weighted by atomic mass is 35.5. The number of carbonyl (C=O) groups excluding carboxylic acids is 2. The number of piperazine rings is 1. The number of ether oxygens (including phenoxy) is 2. The predicted molar refractivity (Wildman–Crippen MR) is 169 cm³/mol. The van der Waals surface area contributed by atoms with Gasteiger partial charge in [-0.1, -0.05) is 17.7 Å². The van der Waals surface area contributed by atoms with Crippen LogP contribution in [-0.2, 0) is 9.47 Å². The zero-order chi connectivity index (χ0) is 31.3. The lowest BCUT2D eigenvalue weighted by atomic mass is 10.2. The lowest BCUT2D eigenvalue weighted by molar-refractivity contribution is 0.0240. The van der Waals surface area contributed by atoms with E-state index in [0.717, 1.165) is 24.2 Å². The molecule has 2 aliphatic heterocycles. The molecule has 44 heavy (non-hydrogen) atoms. The third-order valence-electron chi connectivity index (χ3n) is 7.18. The van der Waals surface area contributed by atoms with Gasteiger partial charge in [-0.25, -0.2) is 14.2 Å². The summed E-state index contributed by atoms with van der Waals surface area (Å²) in [7, 11) is 0. The number of anilines is 5. The van der Waals surface area contributed by atoms with Gasteiger partial charge in [0, 0.05) is 56.9 Å². The minimum Gasteiger partial charge on any atom is -0.444 e. The number of nitrogens with zero attached hydrogens (tertiary/aromatic N) is 4. The molecule has 234 valence electrons. The molecule has 0 saturated carbocycles. The number of carbonyl (C=O) groups is 2. The maximum Gasteiger partial charge on any atom is 0.410 e. The Balaban J connectivity index is 1.25. The summed E-state index contributed by atoms with van der Waals surface area (Å²) in [6.45, 7) is 9.26. The van der Waals surface area contributed by atoms with Crippen LogP contribution in [0.25, 0.3) is 0 Å². The lowest BCUT2D eigenvalue weighted by Gasteiger charge is -2.36. The van der Waals surface area contributed by atoms with E-state index in [1.807, 2.05) is 45.0 Å². The summed E-state index contributed by atoms with van der Waals surface area (Å²) in [5, 5.41) is 9.01. The van der Waals surface area contributed by atoms with Crippen molar-refractivity contribution in [2.45, 2.75) is 45.3 Å². The van der Waals surface area contributed by atoms with E-state index in [1.54, 1.807) is 4.90 Å². The van der Waals surface area contributed by atoms with Crippen LogP contribution in [0.4, 0.5) is 38.0 Å². The molecular weight excluding hydrogens is 589 g/mol. The standard InChI is InChI=1S/C31H37ClFN7O4/c1-31(2,3)44-30(42)40-15-13-39(14-16-40)21-11-9-20(10-12-21)36-29-35-19-23(27(38-29)34-18-22-6-5-17-43-22)28(41)37-26-24(32)7-4-8-25(26)33/h4,7-12,19,22H,5-6,13-18H2,1-3H3,(H,37,41)(H2,34,35,36,38). The molecule has 2 saturated heterocycles. The average Bonchev–Trinajstić information content (AvgIpc) is 3.52. The van der Waals surface area contributed by atoms with Gasteiger partial charge in [-0.15, -0.1) is 0 Å². The zero-order valence-corrected chi connectivity index (χ0v) is 25.8. The number of amides is 2. The van der Waals surface area contributed by atoms with Crippen molar-refractivity contribution in [2.75, 3.05) is 60.2 Å². The Kier molecular flexibility index (Phi) is 9.70. The van der Waals surface area contributed by atoms with Gasteiger partial charge in [0.15, 0.2) is 0 Å². The summed E-state index contributed by atoms with van der Waals surface area (Å²) in [6.07, 6.45) is 2.96. The van der Waals surface area contributed by atoms with Crippen LogP contribution in [-0.4, -0.2) is 77.9 Å². The second-order valence-electron chi connectivity index (χ2n) is 11.6. The van der Waals surface area contributed by atoms with Gasteiger partial charge in [0.05, 0.1) is 16.8 Å². The quantitative estimate of drug-likeness (QED) is 0.280. The Bertz CT molecular complexity index is 1450. The van der Waals surface area contributed by atoms with Crippen LogP contribution in [0.3, 0.4) is 0 Å². The van der Waals surface area contributed by atoms with Crippen molar-refractivity contribution in [3.05, 3.63) is 65.1 Å². The predicted octanol–water partition coefficient (Wildman–Crippen LogP) is 5.91. The van der Waals surface area contributed by atoms with Gasteiger partial charge in [-0.05, 0) is 70.0 Å². The molecule has 3 heterocycles. The molecule has 11 nitrogen and oxygen atoms in total. The van der Waals surface area contributed by atoms with Crippen LogP contribution in [0.1, 0.15) is 44.0 Å². The molecule has 13 heteroatoms. The molecule has 3 aromatic rings. The first-order valence-electron chi connectivity index (χ1n) is 14.6. The molecule has 0 aliphatic carbocycles. The minimum absolute atomic E-state index is 0.00292. The number of para-hydroxylation sites is 1. The van der Waals surface area contributed by atoms with Crippen LogP contribution in [0.5, 0.6) is 0 Å². The van der Waals surface area contributed by atoms with Crippen LogP contribution < -0.4 is 20.9 Å². The Labute approximate surface area is 261 Å². The summed E-state index contributed by atoms with van der Waals surface area (Å²) >= 11 is 6.11. The fourth-order valence-corrected chi connectivity index (χ4v) is 5.13. The number of benzene rings is 2. The average molecular weight is 626 g/mol. The van der Waals surface area contributed by atoms with Crippen LogP contribution >= 0.6 is 11.6 Å². The summed E-state index contributed by atoms with van der Waals surface area (Å²) in [5.74, 6) is -0.691. The van der Waals surface area contributed by atoms with Gasteiger partial charge < -0.3 is 35.2 Å². The Hall–Kier alpha value is -4.16. The maximum absolute atomic E-state index is 14.3. The van der Waals surface area contributed by atoms with E-state index in [2.05, 4.69) is 30.8 Å². The van der Waals surface area contributed by atoms with Crippen LogP contribution in [0.15, 0.2) is 48.7 Å². The van der Waals surface area contributed by atoms with Crippen molar-refractivity contribution in [1.29, 1.82) is 0 Å². The smallest absolute Gasteiger partial charge is 0.410 e. The SMILES string of the molecule is CC(C)(C)OC(=O)N1CCN(c2ccc(Nc3ncc(C(=O)Nc4c(F)cccc4Cl)c(NCC4CCCO4)n3)cc2)CC1. The first kappa shape index (κ1) is 31.3. The van der Waals surface area contributed by atoms with Gasteiger partial charge in [-0.2, -0.15) is 4.98 Å². The molecule has 1 atom stereocenters. The van der Waals surface area contributed by atoms with E-state index in [4.69, 9.17) is 21.1 Å². The third-order valence-corrected chi connectivity index (χ3v) is 7.49. The molecule has 2 aliphatic rings. The highest BCUT2D eigenvalue weighted by Gasteiger charge is 2.26. The van der Waals surface area contributed by atoms with Gasteiger partial charge in [0.1, 0.15) is 22.8 Å². The van der Waals surface area contributed by atoms with E-state index in [9.17, 15) is 14.0 Å². The third kappa shape index (κ3) is 8.06. The first-order valence-corrected chi connectivity index (χ1v) is 15.0. The molecular formula is C31H37ClFN7O4. The molecule has 2 fully saturated rings. The van der Waals surface area contributed by atoms with Crippen molar-refractivity contribution >= 4 is 52.4 Å². The van der Waals surface area contributed by atoms with E-state index < -0.39 is 17.3 Å². The van der Waals surface area contributed by atoms with Crippen molar-refractivity contribution in [1.82, 2.24) is 14.9 Å². The van der Waals surface area contributed by atoms with Crippen molar-refractivity contribution in [3.8, 4) is 0 Å². The van der Waals surface area contributed by atoms with Gasteiger partial charge >= 0.3 is 6.09 Å². The van der Waals surface area contributed by atoms with Gasteiger partial charge in [0.25, 0.3) is 5.91 Å². The topological polar surface area (TPSA) is 121 Å². The second kappa shape index (κ2) is 13.6. The largest absolute Gasteiger partial charge is 0.444 e. The van der Waals surface area contributed by atoms with Gasteiger partial charge in [-0.3, -0.25) is 4.79 Å². The van der Waals surface area contributed by atoms with Crippen LogP contribution in [0.2, 0.25) is 5.02 Å². The summed E-state index contributed by atoms with van der Waals surface area (Å²) in [6, 6.07) is 12.0. The molecule has 0 bridgehead atoms. The summed E-state index contributed by atoms with van der Waals surface area (Å²) < 4.78 is 25.5. The Morgan fingerprint density at radius 3 is 2.52 bits per heavy atom. The lowest BCUT2D eigenvalue weighted by Crippen LogP contribution is -2.50. The molecule has 0 radical (unpaired) electrons. The van der Waals surface area contributed by atoms with E-state index in [1.165, 1.54) is 24.4 Å². The monoisotopic (exact) mass is 625 g/mol. The summed E-state index contributed by atoms with van der Waals surface area (Å²) in [4.78, 5) is 38.4. The summed E-state index contributed by atoms with van der Waals surface area (Å²) in [5.41, 5.74) is 1.27. The highest BCUT2D eigenvalue weighted by Crippen LogP contribution is 2.27. The fraction of sp³-hybridized carbons (Fsp3) is 0.419. The fourth-order valence-electron chi connectivity index (χ4n) is 4.92. The maximum atomic E-state index is 14.3. The normalized spacial score (nSPS) is 16.9. The number of nitrogens with one attached hydrogen (secondary N) is 3. The molecule has 0 spiro atoms. The molecule has 1 aromatic heterocycles. The number of aromatic nitrogens is 2. The highest BCUT2D eigenvalue weighted by molar-refractivity contribution is 6.34. The van der Waals surface area contributed by atoms with Crippen molar-refractivity contribution < 1.29 is 23.5 Å². The Morgan fingerprint density at radius 2 is 1.86 bits per heavy atom. The number of hydrogen-bond acceptors (Lipinski definition) is 9. The number of halogens is 2. The minimum atomic E-state index is -0.646. The number of rotatable bonds is 8. The van der Waals surface area contributed by atoms with Gasteiger partial charge in [0.2, 0.25) is 5.95 Å². The first-order chi connectivity index (χ1) is 21.1. The molecule has 1 unspecified atom stereocenters. The Morgan fingerprint density at radius 1 is 1.11 bits per heavy atom.